The van der Waals surface area contributed by atoms with Crippen molar-refractivity contribution in [2.75, 3.05) is 19.6 Å². The molecule has 10 heteroatoms. The van der Waals surface area contributed by atoms with E-state index in [1.807, 2.05) is 95.3 Å². The summed E-state index contributed by atoms with van der Waals surface area (Å²) in [4.78, 5) is 27.2. The first-order valence-corrected chi connectivity index (χ1v) is 16.8. The summed E-state index contributed by atoms with van der Waals surface area (Å²) in [6.07, 6.45) is -1.04. The molecule has 0 aliphatic rings. The van der Waals surface area contributed by atoms with Gasteiger partial charge in [-0.3, -0.25) is 15.0 Å². The van der Waals surface area contributed by atoms with Crippen LogP contribution in [0.25, 0.3) is 0 Å². The van der Waals surface area contributed by atoms with Crippen LogP contribution in [0.2, 0.25) is 0 Å². The van der Waals surface area contributed by atoms with Crippen molar-refractivity contribution in [2.45, 2.75) is 71.0 Å². The van der Waals surface area contributed by atoms with E-state index in [9.17, 15) is 23.1 Å². The Labute approximate surface area is 268 Å². The van der Waals surface area contributed by atoms with E-state index in [0.29, 0.717) is 6.54 Å². The van der Waals surface area contributed by atoms with Crippen molar-refractivity contribution in [3.05, 3.63) is 102 Å². The Morgan fingerprint density at radius 1 is 0.822 bits per heavy atom. The number of rotatable bonds is 15. The second-order valence-electron chi connectivity index (χ2n) is 13.0. The van der Waals surface area contributed by atoms with Gasteiger partial charge in [-0.1, -0.05) is 113 Å². The molecule has 2 amide bonds. The van der Waals surface area contributed by atoms with Gasteiger partial charge in [0.1, 0.15) is 0 Å². The minimum absolute atomic E-state index is 0.0303. The van der Waals surface area contributed by atoms with Crippen LogP contribution in [0.3, 0.4) is 0 Å². The normalized spacial score (nSPS) is 13.4. The highest BCUT2D eigenvalue weighted by atomic mass is 32.2. The van der Waals surface area contributed by atoms with Crippen LogP contribution in [0.1, 0.15) is 52.2 Å². The third kappa shape index (κ3) is 11.7. The van der Waals surface area contributed by atoms with Crippen LogP contribution in [0.15, 0.2) is 95.9 Å². The Hall–Kier alpha value is -3.57. The van der Waals surface area contributed by atoms with Gasteiger partial charge in [0.25, 0.3) is 5.91 Å². The lowest BCUT2D eigenvalue weighted by Gasteiger charge is -2.38. The predicted molar refractivity (Wildman–Crippen MR) is 177 cm³/mol. The number of hydrogen-bond donors (Lipinski definition) is 3. The zero-order chi connectivity index (χ0) is 33.0. The molecule has 0 aliphatic carbocycles. The Morgan fingerprint density at radius 3 is 1.89 bits per heavy atom. The molecule has 3 N–H and O–H groups in total. The van der Waals surface area contributed by atoms with Crippen LogP contribution in [0.5, 0.6) is 0 Å². The number of hydrazine groups is 1. The van der Waals surface area contributed by atoms with Crippen LogP contribution in [0, 0.1) is 11.3 Å². The van der Waals surface area contributed by atoms with Crippen molar-refractivity contribution in [1.29, 1.82) is 0 Å². The molecule has 244 valence electrons. The molecule has 0 saturated carbocycles. The number of aliphatic hydroxyl groups excluding tert-OH is 1. The van der Waals surface area contributed by atoms with Crippen molar-refractivity contribution in [3.63, 3.8) is 0 Å². The lowest BCUT2D eigenvalue weighted by Crippen LogP contribution is -2.60. The molecular formula is C35H48N4O5S. The highest BCUT2D eigenvalue weighted by Crippen LogP contribution is 2.24. The highest BCUT2D eigenvalue weighted by Gasteiger charge is 2.36. The van der Waals surface area contributed by atoms with Gasteiger partial charge in [0.2, 0.25) is 15.9 Å². The van der Waals surface area contributed by atoms with Gasteiger partial charge in [0.05, 0.1) is 23.6 Å². The smallest absolute Gasteiger partial charge is 0.252 e. The summed E-state index contributed by atoms with van der Waals surface area (Å²) >= 11 is 0. The first kappa shape index (κ1) is 35.9. The van der Waals surface area contributed by atoms with E-state index < -0.39 is 33.5 Å². The summed E-state index contributed by atoms with van der Waals surface area (Å²) in [6, 6.07) is 26.1. The number of nitrogens with one attached hydrogen (secondary N) is 2. The van der Waals surface area contributed by atoms with Gasteiger partial charge in [-0.05, 0) is 41.0 Å². The predicted octanol–water partition coefficient (Wildman–Crippen LogP) is 4.39. The quantitative estimate of drug-likeness (QED) is 0.213. The van der Waals surface area contributed by atoms with Gasteiger partial charge in [0.15, 0.2) is 0 Å². The Kier molecular flexibility index (Phi) is 13.3. The standard InChI is InChI=1S/C35H48N4O5S/c1-27(2)25-38(45(43,44)30-19-13-8-14-20-30)26-32(40)31(21-28-15-9-6-10-16-28)39(34(42)22-35(3,4)5)37-33(41)24-36-23-29-17-11-7-12-18-29/h6-20,27,31-32,36,40H,21-26H2,1-5H3,(H,37,41)/t31?,32-/m1/s1. The lowest BCUT2D eigenvalue weighted by atomic mass is 9.91. The minimum atomic E-state index is -3.96. The maximum absolute atomic E-state index is 13.9. The average Bonchev–Trinajstić information content (AvgIpc) is 2.99. The zero-order valence-corrected chi connectivity index (χ0v) is 27.8. The molecule has 2 atom stereocenters. The SMILES string of the molecule is CC(C)CN(C[C@@H](O)C(Cc1ccccc1)N(NC(=O)CNCc1ccccc1)C(=O)CC(C)(C)C)S(=O)(=O)c1ccccc1. The Morgan fingerprint density at radius 2 is 1.36 bits per heavy atom. The summed E-state index contributed by atoms with van der Waals surface area (Å²) in [5.74, 6) is -0.855. The molecule has 0 spiro atoms. The van der Waals surface area contributed by atoms with Gasteiger partial charge >= 0.3 is 0 Å². The number of benzene rings is 3. The third-order valence-electron chi connectivity index (χ3n) is 7.06. The molecule has 0 saturated heterocycles. The van der Waals surface area contributed by atoms with Gasteiger partial charge < -0.3 is 10.4 Å². The third-order valence-corrected chi connectivity index (χ3v) is 8.90. The summed E-state index contributed by atoms with van der Waals surface area (Å²) in [6.45, 7) is 9.87. The van der Waals surface area contributed by atoms with Gasteiger partial charge in [-0.2, -0.15) is 4.31 Å². The first-order valence-electron chi connectivity index (χ1n) is 15.4. The summed E-state index contributed by atoms with van der Waals surface area (Å²) in [7, 11) is -3.96. The number of amides is 2. The van der Waals surface area contributed by atoms with Gasteiger partial charge in [-0.25, -0.2) is 13.4 Å². The van der Waals surface area contributed by atoms with E-state index in [0.717, 1.165) is 11.1 Å². The van der Waals surface area contributed by atoms with Crippen molar-refractivity contribution < 1.29 is 23.1 Å². The average molecular weight is 637 g/mol. The van der Waals surface area contributed by atoms with Crippen LogP contribution in [0.4, 0.5) is 0 Å². The minimum Gasteiger partial charge on any atom is -0.390 e. The van der Waals surface area contributed by atoms with Crippen LogP contribution < -0.4 is 10.7 Å². The van der Waals surface area contributed by atoms with E-state index >= 15 is 0 Å². The van der Waals surface area contributed by atoms with Crippen LogP contribution >= 0.6 is 0 Å². The summed E-state index contributed by atoms with van der Waals surface area (Å²) < 4.78 is 28.8. The molecule has 3 aromatic carbocycles. The fourth-order valence-corrected chi connectivity index (χ4v) is 6.61. The summed E-state index contributed by atoms with van der Waals surface area (Å²) in [5.41, 5.74) is 4.19. The number of aliphatic hydroxyl groups is 1. The van der Waals surface area contributed by atoms with Crippen LogP contribution in [-0.2, 0) is 32.6 Å². The maximum atomic E-state index is 13.9. The van der Waals surface area contributed by atoms with E-state index in [4.69, 9.17) is 0 Å². The molecular weight excluding hydrogens is 588 g/mol. The van der Waals surface area contributed by atoms with Crippen LogP contribution in [-0.4, -0.2) is 66.4 Å². The molecule has 45 heavy (non-hydrogen) atoms. The number of carbonyl (C=O) groups excluding carboxylic acids is 2. The molecule has 0 heterocycles. The van der Waals surface area contributed by atoms with Crippen molar-refractivity contribution in [3.8, 4) is 0 Å². The fourth-order valence-electron chi connectivity index (χ4n) is 4.96. The van der Waals surface area contributed by atoms with E-state index in [2.05, 4.69) is 10.7 Å². The molecule has 3 rings (SSSR count). The molecule has 0 aromatic heterocycles. The van der Waals surface area contributed by atoms with Crippen molar-refractivity contribution in [2.24, 2.45) is 11.3 Å². The molecule has 0 bridgehead atoms. The first-order chi connectivity index (χ1) is 21.3. The zero-order valence-electron chi connectivity index (χ0n) is 27.0. The number of hydrogen-bond acceptors (Lipinski definition) is 6. The topological polar surface area (TPSA) is 119 Å². The lowest BCUT2D eigenvalue weighted by molar-refractivity contribution is -0.149. The fraction of sp³-hybridized carbons (Fsp3) is 0.429. The molecule has 3 aromatic rings. The van der Waals surface area contributed by atoms with Gasteiger partial charge in [0, 0.05) is 26.1 Å². The Bertz CT molecular complexity index is 1450. The second kappa shape index (κ2) is 16.7. The van der Waals surface area contributed by atoms with Crippen molar-refractivity contribution in [1.82, 2.24) is 20.1 Å². The molecule has 9 nitrogen and oxygen atoms in total. The Balaban J connectivity index is 1.94. The van der Waals surface area contributed by atoms with Gasteiger partial charge in [-0.15, -0.1) is 0 Å². The van der Waals surface area contributed by atoms with E-state index in [1.54, 1.807) is 18.2 Å². The maximum Gasteiger partial charge on any atom is 0.252 e. The monoisotopic (exact) mass is 636 g/mol. The molecule has 0 fully saturated rings. The largest absolute Gasteiger partial charge is 0.390 e. The summed E-state index contributed by atoms with van der Waals surface area (Å²) in [5, 5.41) is 16.2. The number of sulfonamides is 1. The molecule has 1 unspecified atom stereocenters. The molecule has 0 radical (unpaired) electrons. The highest BCUT2D eigenvalue weighted by molar-refractivity contribution is 7.89. The van der Waals surface area contributed by atoms with E-state index in [1.165, 1.54) is 21.4 Å². The van der Waals surface area contributed by atoms with Crippen molar-refractivity contribution >= 4 is 21.8 Å². The second-order valence-corrected chi connectivity index (χ2v) is 14.9. The number of carbonyl (C=O) groups is 2. The number of nitrogens with zero attached hydrogens (tertiary/aromatic N) is 2. The van der Waals surface area contributed by atoms with E-state index in [-0.39, 0.29) is 49.2 Å². The molecule has 0 aliphatic heterocycles.